The predicted molar refractivity (Wildman–Crippen MR) is 41.4 cm³/mol. The number of hydrogen-bond acceptors (Lipinski definition) is 3. The van der Waals surface area contributed by atoms with E-state index in [9.17, 15) is 5.11 Å². The molecule has 1 saturated heterocycles. The van der Waals surface area contributed by atoms with E-state index >= 15 is 0 Å². The van der Waals surface area contributed by atoms with Crippen LogP contribution in [-0.2, 0) is 0 Å². The second kappa shape index (κ2) is 2.54. The highest BCUT2D eigenvalue weighted by Crippen LogP contribution is 2.17. The zero-order chi connectivity index (χ0) is 7.68. The minimum absolute atomic E-state index is 0.162. The van der Waals surface area contributed by atoms with Gasteiger partial charge in [0.2, 0.25) is 0 Å². The number of aromatic amines is 1. The zero-order valence-electron chi connectivity index (χ0n) is 6.20. The van der Waals surface area contributed by atoms with Crippen molar-refractivity contribution in [3.63, 3.8) is 0 Å². The third-order valence-corrected chi connectivity index (χ3v) is 2.01. The molecule has 4 nitrogen and oxygen atoms in total. The SMILES string of the molecule is OC1CCN(c2cn[nH]c2)C1. The molecule has 2 heterocycles. The van der Waals surface area contributed by atoms with Gasteiger partial charge < -0.3 is 10.0 Å². The van der Waals surface area contributed by atoms with Crippen LogP contribution in [-0.4, -0.2) is 34.5 Å². The number of aliphatic hydroxyl groups is 1. The fraction of sp³-hybridized carbons (Fsp3) is 0.571. The van der Waals surface area contributed by atoms with Crippen molar-refractivity contribution in [1.29, 1.82) is 0 Å². The number of nitrogens with one attached hydrogen (secondary N) is 1. The van der Waals surface area contributed by atoms with Crippen LogP contribution in [0.25, 0.3) is 0 Å². The third-order valence-electron chi connectivity index (χ3n) is 2.01. The Hall–Kier alpha value is -1.03. The van der Waals surface area contributed by atoms with E-state index in [0.717, 1.165) is 25.2 Å². The van der Waals surface area contributed by atoms with Gasteiger partial charge in [0, 0.05) is 19.3 Å². The van der Waals surface area contributed by atoms with Gasteiger partial charge in [0.25, 0.3) is 0 Å². The van der Waals surface area contributed by atoms with Gasteiger partial charge in [-0.3, -0.25) is 5.10 Å². The molecule has 4 heteroatoms. The Labute approximate surface area is 64.8 Å². The average molecular weight is 153 g/mol. The number of hydrogen-bond donors (Lipinski definition) is 2. The van der Waals surface area contributed by atoms with E-state index in [4.69, 9.17) is 0 Å². The minimum atomic E-state index is -0.162. The van der Waals surface area contributed by atoms with Crippen molar-refractivity contribution in [3.8, 4) is 0 Å². The molecule has 60 valence electrons. The van der Waals surface area contributed by atoms with Crippen LogP contribution in [0.5, 0.6) is 0 Å². The molecular weight excluding hydrogens is 142 g/mol. The Balaban J connectivity index is 2.08. The largest absolute Gasteiger partial charge is 0.391 e. The number of rotatable bonds is 1. The molecule has 11 heavy (non-hydrogen) atoms. The van der Waals surface area contributed by atoms with Crippen LogP contribution in [0.3, 0.4) is 0 Å². The molecular formula is C7H11N3O. The van der Waals surface area contributed by atoms with Crippen LogP contribution in [0, 0.1) is 0 Å². The van der Waals surface area contributed by atoms with Gasteiger partial charge in [-0.15, -0.1) is 0 Å². The Morgan fingerprint density at radius 3 is 3.18 bits per heavy atom. The molecule has 0 aliphatic carbocycles. The Morgan fingerprint density at radius 2 is 2.64 bits per heavy atom. The number of H-pyrrole nitrogens is 1. The number of aromatic nitrogens is 2. The van der Waals surface area contributed by atoms with Crippen LogP contribution in [0.15, 0.2) is 12.4 Å². The van der Waals surface area contributed by atoms with E-state index in [2.05, 4.69) is 15.1 Å². The van der Waals surface area contributed by atoms with Gasteiger partial charge in [-0.25, -0.2) is 0 Å². The Morgan fingerprint density at radius 1 is 1.73 bits per heavy atom. The molecule has 0 aromatic carbocycles. The van der Waals surface area contributed by atoms with Gasteiger partial charge in [-0.2, -0.15) is 5.10 Å². The maximum absolute atomic E-state index is 9.23. The fourth-order valence-corrected chi connectivity index (χ4v) is 1.39. The number of β-amino-alcohol motifs (C(OH)–C–C–N with tert-alkyl or cyclic N) is 1. The summed E-state index contributed by atoms with van der Waals surface area (Å²) in [6.45, 7) is 1.67. The van der Waals surface area contributed by atoms with Gasteiger partial charge in [0.1, 0.15) is 0 Å². The molecule has 0 spiro atoms. The van der Waals surface area contributed by atoms with Crippen molar-refractivity contribution in [2.75, 3.05) is 18.0 Å². The molecule has 1 atom stereocenters. The van der Waals surface area contributed by atoms with E-state index in [1.807, 2.05) is 6.20 Å². The second-order valence-corrected chi connectivity index (χ2v) is 2.85. The monoisotopic (exact) mass is 153 g/mol. The highest BCUT2D eigenvalue weighted by atomic mass is 16.3. The molecule has 0 amide bonds. The standard InChI is InChI=1S/C7H11N3O/c11-7-1-2-10(5-7)6-3-8-9-4-6/h3-4,7,11H,1-2,5H2,(H,8,9). The van der Waals surface area contributed by atoms with E-state index in [-0.39, 0.29) is 6.10 Å². The first-order valence-corrected chi connectivity index (χ1v) is 3.78. The van der Waals surface area contributed by atoms with Crippen LogP contribution in [0.4, 0.5) is 5.69 Å². The first kappa shape index (κ1) is 6.67. The summed E-state index contributed by atoms with van der Waals surface area (Å²) in [6.07, 6.45) is 4.33. The summed E-state index contributed by atoms with van der Waals surface area (Å²) in [6, 6.07) is 0. The van der Waals surface area contributed by atoms with Gasteiger partial charge in [0.05, 0.1) is 18.0 Å². The molecule has 0 radical (unpaired) electrons. The van der Waals surface area contributed by atoms with E-state index < -0.39 is 0 Å². The van der Waals surface area contributed by atoms with Crippen molar-refractivity contribution in [2.24, 2.45) is 0 Å². The van der Waals surface area contributed by atoms with E-state index in [1.54, 1.807) is 6.20 Å². The van der Waals surface area contributed by atoms with Gasteiger partial charge in [0.15, 0.2) is 0 Å². The van der Waals surface area contributed by atoms with Gasteiger partial charge in [-0.05, 0) is 6.42 Å². The van der Waals surface area contributed by atoms with Crippen molar-refractivity contribution in [3.05, 3.63) is 12.4 Å². The third kappa shape index (κ3) is 1.21. The van der Waals surface area contributed by atoms with Crippen molar-refractivity contribution in [2.45, 2.75) is 12.5 Å². The number of anilines is 1. The van der Waals surface area contributed by atoms with Crippen LogP contribution in [0.2, 0.25) is 0 Å². The lowest BCUT2D eigenvalue weighted by atomic mass is 10.3. The number of aliphatic hydroxyl groups excluding tert-OH is 1. The lowest BCUT2D eigenvalue weighted by Gasteiger charge is -2.13. The maximum atomic E-state index is 9.23. The van der Waals surface area contributed by atoms with Crippen LogP contribution >= 0.6 is 0 Å². The summed E-state index contributed by atoms with van der Waals surface area (Å²) in [5.74, 6) is 0. The first-order chi connectivity index (χ1) is 5.36. The Kier molecular flexibility index (Phi) is 1.54. The summed E-state index contributed by atoms with van der Waals surface area (Å²) < 4.78 is 0. The summed E-state index contributed by atoms with van der Waals surface area (Å²) in [4.78, 5) is 2.12. The van der Waals surface area contributed by atoms with Gasteiger partial charge >= 0.3 is 0 Å². The lowest BCUT2D eigenvalue weighted by molar-refractivity contribution is 0.198. The highest BCUT2D eigenvalue weighted by molar-refractivity contribution is 5.43. The zero-order valence-corrected chi connectivity index (χ0v) is 6.20. The molecule has 0 bridgehead atoms. The first-order valence-electron chi connectivity index (χ1n) is 3.78. The molecule has 2 rings (SSSR count). The molecule has 2 N–H and O–H groups in total. The van der Waals surface area contributed by atoms with Crippen LogP contribution in [0.1, 0.15) is 6.42 Å². The lowest BCUT2D eigenvalue weighted by Crippen LogP contribution is -2.20. The molecule has 1 fully saturated rings. The quantitative estimate of drug-likeness (QED) is 0.596. The average Bonchev–Trinajstić information content (AvgIpc) is 2.55. The molecule has 0 saturated carbocycles. The molecule has 1 aromatic heterocycles. The summed E-state index contributed by atoms with van der Waals surface area (Å²) >= 11 is 0. The van der Waals surface area contributed by atoms with Gasteiger partial charge in [-0.1, -0.05) is 0 Å². The fourth-order valence-electron chi connectivity index (χ4n) is 1.39. The normalized spacial score (nSPS) is 24.5. The molecule has 1 aliphatic heterocycles. The number of nitrogens with zero attached hydrogens (tertiary/aromatic N) is 2. The Bertz CT molecular complexity index is 222. The topological polar surface area (TPSA) is 52.1 Å². The van der Waals surface area contributed by atoms with Crippen LogP contribution < -0.4 is 4.90 Å². The van der Waals surface area contributed by atoms with E-state index in [1.165, 1.54) is 0 Å². The molecule has 1 unspecified atom stereocenters. The molecule has 1 aliphatic rings. The molecule has 1 aromatic rings. The highest BCUT2D eigenvalue weighted by Gasteiger charge is 2.20. The predicted octanol–water partition coefficient (Wildman–Crippen LogP) is -0.0193. The minimum Gasteiger partial charge on any atom is -0.391 e. The van der Waals surface area contributed by atoms with Crippen molar-refractivity contribution < 1.29 is 5.11 Å². The summed E-state index contributed by atoms with van der Waals surface area (Å²) in [5.41, 5.74) is 1.07. The summed E-state index contributed by atoms with van der Waals surface area (Å²) in [7, 11) is 0. The second-order valence-electron chi connectivity index (χ2n) is 2.85. The maximum Gasteiger partial charge on any atom is 0.0750 e. The summed E-state index contributed by atoms with van der Waals surface area (Å²) in [5, 5.41) is 15.8. The smallest absolute Gasteiger partial charge is 0.0750 e. The van der Waals surface area contributed by atoms with E-state index in [0.29, 0.717) is 0 Å². The van der Waals surface area contributed by atoms with Crippen molar-refractivity contribution in [1.82, 2.24) is 10.2 Å². The van der Waals surface area contributed by atoms with Crippen molar-refractivity contribution >= 4 is 5.69 Å².